The Bertz CT molecular complexity index is 574. The van der Waals surface area contributed by atoms with Crippen molar-refractivity contribution in [3.63, 3.8) is 0 Å². The summed E-state index contributed by atoms with van der Waals surface area (Å²) in [6.45, 7) is 2.90. The van der Waals surface area contributed by atoms with E-state index in [-0.39, 0.29) is 5.43 Å². The second-order valence-electron chi connectivity index (χ2n) is 3.73. The third kappa shape index (κ3) is 2.47. The van der Waals surface area contributed by atoms with Crippen LogP contribution in [-0.2, 0) is 11.3 Å². The van der Waals surface area contributed by atoms with E-state index >= 15 is 0 Å². The molecule has 17 heavy (non-hydrogen) atoms. The molecule has 0 amide bonds. The van der Waals surface area contributed by atoms with Crippen molar-refractivity contribution in [1.29, 1.82) is 0 Å². The fraction of sp³-hybridized carbons (Fsp3) is 0.308. The topological polar surface area (TPSA) is 51.3 Å². The Balaban J connectivity index is 2.52. The molecular formula is C13H15NO3. The first-order chi connectivity index (χ1) is 8.24. The van der Waals surface area contributed by atoms with Gasteiger partial charge in [0.1, 0.15) is 5.75 Å². The van der Waals surface area contributed by atoms with E-state index in [4.69, 9.17) is 9.47 Å². The number of benzene rings is 1. The number of methoxy groups -OCH3 is 1. The lowest BCUT2D eigenvalue weighted by Crippen LogP contribution is -2.06. The second kappa shape index (κ2) is 5.01. The predicted molar refractivity (Wildman–Crippen MR) is 66.5 cm³/mol. The average molecular weight is 233 g/mol. The van der Waals surface area contributed by atoms with E-state index in [1.54, 1.807) is 19.2 Å². The molecule has 90 valence electrons. The van der Waals surface area contributed by atoms with Gasteiger partial charge in [0, 0.05) is 29.8 Å². The molecule has 4 heteroatoms. The van der Waals surface area contributed by atoms with Crippen LogP contribution in [0, 0.1) is 0 Å². The number of hydrogen-bond donors (Lipinski definition) is 1. The van der Waals surface area contributed by atoms with Crippen LogP contribution in [0.5, 0.6) is 5.75 Å². The maximum absolute atomic E-state index is 11.9. The molecular weight excluding hydrogens is 218 g/mol. The zero-order valence-electron chi connectivity index (χ0n) is 9.95. The lowest BCUT2D eigenvalue weighted by molar-refractivity contribution is 0.181. The van der Waals surface area contributed by atoms with Crippen LogP contribution in [0.3, 0.4) is 0 Å². The second-order valence-corrected chi connectivity index (χ2v) is 3.73. The number of fused-ring (bicyclic) bond motifs is 1. The number of rotatable bonds is 4. The minimum absolute atomic E-state index is 0.0210. The number of pyridine rings is 1. The van der Waals surface area contributed by atoms with Crippen LogP contribution in [0.4, 0.5) is 0 Å². The summed E-state index contributed by atoms with van der Waals surface area (Å²) in [7, 11) is 1.60. The molecule has 1 N–H and O–H groups in total. The van der Waals surface area contributed by atoms with Gasteiger partial charge in [-0.05, 0) is 25.1 Å². The van der Waals surface area contributed by atoms with Crippen molar-refractivity contribution >= 4 is 10.9 Å². The standard InChI is InChI=1S/C13H15NO3/c1-3-17-10-4-5-12-11(7-10)13(15)6-9(14-12)8-16-2/h4-7H,3,8H2,1-2H3,(H,14,15). The fourth-order valence-electron chi connectivity index (χ4n) is 1.77. The first-order valence-electron chi connectivity index (χ1n) is 5.52. The number of nitrogens with one attached hydrogen (secondary N) is 1. The maximum Gasteiger partial charge on any atom is 0.189 e. The van der Waals surface area contributed by atoms with Crippen molar-refractivity contribution in [2.75, 3.05) is 13.7 Å². The van der Waals surface area contributed by atoms with Crippen LogP contribution in [0.1, 0.15) is 12.6 Å². The number of aromatic amines is 1. The highest BCUT2D eigenvalue weighted by Crippen LogP contribution is 2.17. The van der Waals surface area contributed by atoms with Crippen molar-refractivity contribution in [2.24, 2.45) is 0 Å². The maximum atomic E-state index is 11.9. The summed E-state index contributed by atoms with van der Waals surface area (Å²) < 4.78 is 10.4. The largest absolute Gasteiger partial charge is 0.494 e. The summed E-state index contributed by atoms with van der Waals surface area (Å²) in [4.78, 5) is 15.1. The lowest BCUT2D eigenvalue weighted by Gasteiger charge is -2.06. The van der Waals surface area contributed by atoms with E-state index < -0.39 is 0 Å². The van der Waals surface area contributed by atoms with E-state index in [1.165, 1.54) is 0 Å². The summed E-state index contributed by atoms with van der Waals surface area (Å²) in [6, 6.07) is 7.01. The van der Waals surface area contributed by atoms with E-state index in [0.29, 0.717) is 24.3 Å². The molecule has 4 nitrogen and oxygen atoms in total. The minimum Gasteiger partial charge on any atom is -0.494 e. The van der Waals surface area contributed by atoms with Gasteiger partial charge in [-0.15, -0.1) is 0 Å². The average Bonchev–Trinajstić information content (AvgIpc) is 2.31. The molecule has 2 rings (SSSR count). The van der Waals surface area contributed by atoms with Crippen molar-refractivity contribution in [3.05, 3.63) is 40.2 Å². The molecule has 1 aromatic carbocycles. The number of ether oxygens (including phenoxy) is 2. The lowest BCUT2D eigenvalue weighted by atomic mass is 10.2. The Kier molecular flexibility index (Phi) is 3.44. The third-order valence-electron chi connectivity index (χ3n) is 2.47. The first-order valence-corrected chi connectivity index (χ1v) is 5.52. The molecule has 0 saturated heterocycles. The third-order valence-corrected chi connectivity index (χ3v) is 2.47. The van der Waals surface area contributed by atoms with Gasteiger partial charge in [0.2, 0.25) is 0 Å². The molecule has 0 unspecified atom stereocenters. The summed E-state index contributed by atoms with van der Waals surface area (Å²) in [6.07, 6.45) is 0. The Morgan fingerprint density at radius 3 is 2.82 bits per heavy atom. The quantitative estimate of drug-likeness (QED) is 0.879. The van der Waals surface area contributed by atoms with Gasteiger partial charge in [0.15, 0.2) is 5.43 Å². The first kappa shape index (κ1) is 11.7. The molecule has 0 saturated carbocycles. The van der Waals surface area contributed by atoms with Crippen LogP contribution >= 0.6 is 0 Å². The van der Waals surface area contributed by atoms with E-state index in [2.05, 4.69) is 4.98 Å². The Morgan fingerprint density at radius 1 is 1.29 bits per heavy atom. The van der Waals surface area contributed by atoms with Crippen LogP contribution in [0.2, 0.25) is 0 Å². The Morgan fingerprint density at radius 2 is 2.12 bits per heavy atom. The fourth-order valence-corrected chi connectivity index (χ4v) is 1.77. The molecule has 0 bridgehead atoms. The normalized spacial score (nSPS) is 10.7. The summed E-state index contributed by atoms with van der Waals surface area (Å²) in [5.74, 6) is 0.713. The predicted octanol–water partition coefficient (Wildman–Crippen LogP) is 2.07. The molecule has 0 aliphatic carbocycles. The van der Waals surface area contributed by atoms with Gasteiger partial charge < -0.3 is 14.5 Å². The monoisotopic (exact) mass is 233 g/mol. The molecule has 0 aliphatic heterocycles. The molecule has 1 heterocycles. The molecule has 0 radical (unpaired) electrons. The molecule has 0 aliphatic rings. The van der Waals surface area contributed by atoms with E-state index in [1.807, 2.05) is 19.1 Å². The summed E-state index contributed by atoms with van der Waals surface area (Å²) >= 11 is 0. The smallest absolute Gasteiger partial charge is 0.189 e. The molecule has 0 fully saturated rings. The minimum atomic E-state index is -0.0210. The van der Waals surface area contributed by atoms with Gasteiger partial charge in [-0.25, -0.2) is 0 Å². The highest BCUT2D eigenvalue weighted by Gasteiger charge is 2.03. The van der Waals surface area contributed by atoms with Crippen LogP contribution in [-0.4, -0.2) is 18.7 Å². The van der Waals surface area contributed by atoms with Crippen LogP contribution in [0.25, 0.3) is 10.9 Å². The Hall–Kier alpha value is -1.81. The van der Waals surface area contributed by atoms with Crippen LogP contribution < -0.4 is 10.2 Å². The number of hydrogen-bond acceptors (Lipinski definition) is 3. The zero-order valence-corrected chi connectivity index (χ0v) is 9.95. The van der Waals surface area contributed by atoms with Gasteiger partial charge in [-0.3, -0.25) is 4.79 Å². The zero-order chi connectivity index (χ0) is 12.3. The number of H-pyrrole nitrogens is 1. The Labute approximate surface area is 99.2 Å². The van der Waals surface area contributed by atoms with Gasteiger partial charge in [0.05, 0.1) is 13.2 Å². The molecule has 0 spiro atoms. The van der Waals surface area contributed by atoms with Crippen LogP contribution in [0.15, 0.2) is 29.1 Å². The van der Waals surface area contributed by atoms with E-state index in [9.17, 15) is 4.79 Å². The highest BCUT2D eigenvalue weighted by molar-refractivity contribution is 5.80. The summed E-state index contributed by atoms with van der Waals surface area (Å²) in [5, 5.41) is 0.635. The van der Waals surface area contributed by atoms with Gasteiger partial charge in [-0.2, -0.15) is 0 Å². The summed E-state index contributed by atoms with van der Waals surface area (Å²) in [5.41, 5.74) is 1.55. The van der Waals surface area contributed by atoms with Crippen molar-refractivity contribution in [1.82, 2.24) is 4.98 Å². The van der Waals surface area contributed by atoms with Crippen molar-refractivity contribution in [3.8, 4) is 5.75 Å². The van der Waals surface area contributed by atoms with E-state index in [0.717, 1.165) is 11.2 Å². The van der Waals surface area contributed by atoms with Gasteiger partial charge >= 0.3 is 0 Å². The molecule has 1 aromatic heterocycles. The van der Waals surface area contributed by atoms with Gasteiger partial charge in [0.25, 0.3) is 0 Å². The number of aromatic nitrogens is 1. The highest BCUT2D eigenvalue weighted by atomic mass is 16.5. The molecule has 0 atom stereocenters. The van der Waals surface area contributed by atoms with Crippen molar-refractivity contribution in [2.45, 2.75) is 13.5 Å². The van der Waals surface area contributed by atoms with Crippen molar-refractivity contribution < 1.29 is 9.47 Å². The van der Waals surface area contributed by atoms with Gasteiger partial charge in [-0.1, -0.05) is 0 Å². The molecule has 2 aromatic rings. The SMILES string of the molecule is CCOc1ccc2[nH]c(COC)cc(=O)c2c1.